The largest absolute Gasteiger partial charge is 0.381 e. The maximum absolute atomic E-state index is 12.4. The van der Waals surface area contributed by atoms with E-state index in [0.29, 0.717) is 23.3 Å². The second kappa shape index (κ2) is 5.77. The van der Waals surface area contributed by atoms with Crippen molar-refractivity contribution in [1.82, 2.24) is 14.8 Å². The van der Waals surface area contributed by atoms with Gasteiger partial charge in [0.15, 0.2) is 5.69 Å². The van der Waals surface area contributed by atoms with Crippen LogP contribution in [0, 0.1) is 0 Å². The highest BCUT2D eigenvalue weighted by atomic mass is 16.5. The van der Waals surface area contributed by atoms with Crippen LogP contribution in [-0.2, 0) is 11.8 Å². The third kappa shape index (κ3) is 2.99. The predicted molar refractivity (Wildman–Crippen MR) is 85.6 cm³/mol. The summed E-state index contributed by atoms with van der Waals surface area (Å²) in [6.07, 6.45) is 5.13. The first kappa shape index (κ1) is 14.4. The number of hydrogen-bond donors (Lipinski definition) is 1. The van der Waals surface area contributed by atoms with E-state index in [4.69, 9.17) is 4.74 Å². The zero-order valence-corrected chi connectivity index (χ0v) is 13.2. The van der Waals surface area contributed by atoms with E-state index in [0.717, 1.165) is 30.9 Å². The van der Waals surface area contributed by atoms with Gasteiger partial charge in [-0.05, 0) is 43.0 Å². The number of ether oxygens (including phenoxy) is 1. The lowest BCUT2D eigenvalue weighted by molar-refractivity contribution is 0.102. The molecule has 4 rings (SSSR count). The molecular formula is C17H20N4O2. The third-order valence-electron chi connectivity index (χ3n) is 4.57. The van der Waals surface area contributed by atoms with Crippen LogP contribution in [0.5, 0.6) is 0 Å². The molecule has 0 unspecified atom stereocenters. The molecule has 0 spiro atoms. The Bertz CT molecular complexity index is 730. The number of pyridine rings is 1. The number of hydrogen-bond acceptors (Lipinski definition) is 4. The maximum atomic E-state index is 12.4. The fourth-order valence-corrected chi connectivity index (χ4v) is 3.10. The molecule has 2 aromatic heterocycles. The van der Waals surface area contributed by atoms with Gasteiger partial charge in [-0.2, -0.15) is 5.10 Å². The van der Waals surface area contributed by atoms with Crippen molar-refractivity contribution in [3.05, 3.63) is 41.3 Å². The third-order valence-corrected chi connectivity index (χ3v) is 4.57. The highest BCUT2D eigenvalue weighted by molar-refractivity contribution is 6.02. The van der Waals surface area contributed by atoms with Crippen LogP contribution in [0.4, 0.5) is 5.82 Å². The molecule has 2 aromatic rings. The molecule has 2 fully saturated rings. The molecule has 1 atom stereocenters. The van der Waals surface area contributed by atoms with Crippen molar-refractivity contribution in [2.75, 3.05) is 18.5 Å². The fraction of sp³-hybridized carbons (Fsp3) is 0.471. The van der Waals surface area contributed by atoms with Gasteiger partial charge in [0.25, 0.3) is 5.91 Å². The standard InChI is InChI=1S/C17H20N4O2/c1-21-15(11-2-3-11)9-14(20-21)17(22)19-16-8-12(4-6-18-16)13-5-7-23-10-13/h4,6,8-9,11,13H,2-3,5,7,10H2,1H3,(H,18,19,22)/t13-/m0/s1. The van der Waals surface area contributed by atoms with Gasteiger partial charge < -0.3 is 10.1 Å². The van der Waals surface area contributed by atoms with Crippen LogP contribution in [0.15, 0.2) is 24.4 Å². The Hall–Kier alpha value is -2.21. The number of aryl methyl sites for hydroxylation is 1. The van der Waals surface area contributed by atoms with Gasteiger partial charge in [0.05, 0.1) is 6.61 Å². The zero-order chi connectivity index (χ0) is 15.8. The van der Waals surface area contributed by atoms with E-state index in [-0.39, 0.29) is 5.91 Å². The molecule has 1 saturated carbocycles. The Labute approximate surface area is 134 Å². The van der Waals surface area contributed by atoms with Crippen LogP contribution in [0.3, 0.4) is 0 Å². The van der Waals surface area contributed by atoms with Gasteiger partial charge in [0, 0.05) is 37.4 Å². The molecule has 3 heterocycles. The Balaban J connectivity index is 1.49. The Morgan fingerprint density at radius 2 is 2.17 bits per heavy atom. The summed E-state index contributed by atoms with van der Waals surface area (Å²) in [5, 5.41) is 7.18. The van der Waals surface area contributed by atoms with Crippen molar-refractivity contribution in [1.29, 1.82) is 0 Å². The van der Waals surface area contributed by atoms with Crippen LogP contribution >= 0.6 is 0 Å². The average Bonchev–Trinajstić information content (AvgIpc) is 3.09. The molecule has 1 amide bonds. The van der Waals surface area contributed by atoms with Crippen molar-refractivity contribution in [2.45, 2.75) is 31.1 Å². The van der Waals surface area contributed by atoms with E-state index >= 15 is 0 Å². The van der Waals surface area contributed by atoms with Crippen molar-refractivity contribution >= 4 is 11.7 Å². The molecule has 6 heteroatoms. The van der Waals surface area contributed by atoms with Gasteiger partial charge in [0.2, 0.25) is 0 Å². The molecule has 23 heavy (non-hydrogen) atoms. The number of nitrogens with zero attached hydrogens (tertiary/aromatic N) is 3. The lowest BCUT2D eigenvalue weighted by atomic mass is 10.00. The van der Waals surface area contributed by atoms with Crippen molar-refractivity contribution in [3.8, 4) is 0 Å². The summed E-state index contributed by atoms with van der Waals surface area (Å²) in [4.78, 5) is 16.6. The van der Waals surface area contributed by atoms with E-state index < -0.39 is 0 Å². The van der Waals surface area contributed by atoms with Gasteiger partial charge in [-0.15, -0.1) is 0 Å². The van der Waals surface area contributed by atoms with Gasteiger partial charge >= 0.3 is 0 Å². The number of nitrogens with one attached hydrogen (secondary N) is 1. The summed E-state index contributed by atoms with van der Waals surface area (Å²) < 4.78 is 7.24. The summed E-state index contributed by atoms with van der Waals surface area (Å²) >= 11 is 0. The number of aromatic nitrogens is 3. The van der Waals surface area contributed by atoms with Crippen molar-refractivity contribution in [3.63, 3.8) is 0 Å². The van der Waals surface area contributed by atoms with Crippen molar-refractivity contribution in [2.24, 2.45) is 7.05 Å². The van der Waals surface area contributed by atoms with Gasteiger partial charge in [-0.3, -0.25) is 9.48 Å². The Morgan fingerprint density at radius 3 is 2.91 bits per heavy atom. The van der Waals surface area contributed by atoms with Crippen molar-refractivity contribution < 1.29 is 9.53 Å². The van der Waals surface area contributed by atoms with Crippen LogP contribution < -0.4 is 5.32 Å². The molecular weight excluding hydrogens is 292 g/mol. The summed E-state index contributed by atoms with van der Waals surface area (Å²) in [7, 11) is 1.89. The number of amides is 1. The van der Waals surface area contributed by atoms with Gasteiger partial charge in [-0.1, -0.05) is 0 Å². The van der Waals surface area contributed by atoms with E-state index in [1.165, 1.54) is 12.8 Å². The molecule has 0 radical (unpaired) electrons. The predicted octanol–water partition coefficient (Wildman–Crippen LogP) is 2.45. The monoisotopic (exact) mass is 312 g/mol. The molecule has 2 aliphatic rings. The van der Waals surface area contributed by atoms with Gasteiger partial charge in [-0.25, -0.2) is 4.98 Å². The minimum atomic E-state index is -0.208. The summed E-state index contributed by atoms with van der Waals surface area (Å²) in [5.74, 6) is 1.32. The van der Waals surface area contributed by atoms with E-state index in [2.05, 4.69) is 15.4 Å². The number of rotatable bonds is 4. The van der Waals surface area contributed by atoms with E-state index in [1.807, 2.05) is 29.9 Å². The molecule has 1 aliphatic heterocycles. The molecule has 1 aliphatic carbocycles. The first-order chi connectivity index (χ1) is 11.2. The van der Waals surface area contributed by atoms with Crippen LogP contribution in [-0.4, -0.2) is 33.9 Å². The number of anilines is 1. The second-order valence-electron chi connectivity index (χ2n) is 6.34. The lowest BCUT2D eigenvalue weighted by Gasteiger charge is -2.09. The molecule has 1 N–H and O–H groups in total. The SMILES string of the molecule is Cn1nc(C(=O)Nc2cc([C@H]3CCOC3)ccn2)cc1C1CC1. The number of carbonyl (C=O) groups excluding carboxylic acids is 1. The van der Waals surface area contributed by atoms with E-state index in [1.54, 1.807) is 6.20 Å². The molecule has 0 bridgehead atoms. The smallest absolute Gasteiger partial charge is 0.277 e. The zero-order valence-electron chi connectivity index (χ0n) is 13.2. The van der Waals surface area contributed by atoms with Crippen LogP contribution in [0.25, 0.3) is 0 Å². The molecule has 120 valence electrons. The highest BCUT2D eigenvalue weighted by Gasteiger charge is 2.28. The molecule has 6 nitrogen and oxygen atoms in total. The minimum Gasteiger partial charge on any atom is -0.381 e. The normalized spacial score (nSPS) is 20.7. The first-order valence-electron chi connectivity index (χ1n) is 8.09. The molecule has 0 aromatic carbocycles. The summed E-state index contributed by atoms with van der Waals surface area (Å²) in [6.45, 7) is 1.54. The summed E-state index contributed by atoms with van der Waals surface area (Å²) in [5.41, 5.74) is 2.75. The highest BCUT2D eigenvalue weighted by Crippen LogP contribution is 2.40. The topological polar surface area (TPSA) is 69.0 Å². The maximum Gasteiger partial charge on any atom is 0.277 e. The summed E-state index contributed by atoms with van der Waals surface area (Å²) in [6, 6.07) is 5.81. The lowest BCUT2D eigenvalue weighted by Crippen LogP contribution is -2.14. The minimum absolute atomic E-state index is 0.208. The Kier molecular flexibility index (Phi) is 3.61. The first-order valence-corrected chi connectivity index (χ1v) is 8.09. The molecule has 1 saturated heterocycles. The fourth-order valence-electron chi connectivity index (χ4n) is 3.10. The van der Waals surface area contributed by atoms with Gasteiger partial charge in [0.1, 0.15) is 5.82 Å². The quantitative estimate of drug-likeness (QED) is 0.941. The number of carbonyl (C=O) groups is 1. The second-order valence-corrected chi connectivity index (χ2v) is 6.34. The van der Waals surface area contributed by atoms with E-state index in [9.17, 15) is 4.79 Å². The van der Waals surface area contributed by atoms with Crippen LogP contribution in [0.2, 0.25) is 0 Å². The Morgan fingerprint density at radius 1 is 1.30 bits per heavy atom. The van der Waals surface area contributed by atoms with Crippen LogP contribution in [0.1, 0.15) is 52.8 Å². The average molecular weight is 312 g/mol.